The molecule has 2 heterocycles. The molecule has 0 amide bonds. The molecule has 88 valence electrons. The number of rotatable bonds is 3. The summed E-state index contributed by atoms with van der Waals surface area (Å²) in [7, 11) is 0. The lowest BCUT2D eigenvalue weighted by atomic mass is 10.2. The fourth-order valence-electron chi connectivity index (χ4n) is 1.30. The van der Waals surface area contributed by atoms with Gasteiger partial charge in [-0.1, -0.05) is 0 Å². The molecule has 0 N–H and O–H groups in total. The Bertz CT molecular complexity index is 519. The topological polar surface area (TPSA) is 47.9 Å². The average molecular weight is 254 g/mol. The first-order valence-electron chi connectivity index (χ1n) is 4.98. The molecule has 2 rings (SSSR count). The smallest absolute Gasteiger partial charge is 0.223 e. The zero-order valence-corrected chi connectivity index (χ0v) is 9.78. The van der Waals surface area contributed by atoms with Crippen molar-refractivity contribution in [1.82, 2.24) is 15.0 Å². The van der Waals surface area contributed by atoms with Gasteiger partial charge in [0.05, 0.1) is 12.8 Å². The third-order valence-electron chi connectivity index (χ3n) is 2.02. The number of halogens is 2. The molecule has 2 aromatic heterocycles. The zero-order chi connectivity index (χ0) is 12.3. The number of nitrogens with zero attached hydrogens (tertiary/aromatic N) is 3. The molecule has 0 saturated carbocycles. The van der Waals surface area contributed by atoms with Crippen molar-refractivity contribution in [1.29, 1.82) is 0 Å². The van der Waals surface area contributed by atoms with Gasteiger partial charge < -0.3 is 4.74 Å². The number of hydrogen-bond acceptors (Lipinski definition) is 4. The predicted molar refractivity (Wildman–Crippen MR) is 61.4 cm³/mol. The van der Waals surface area contributed by atoms with E-state index in [-0.39, 0.29) is 11.0 Å². The monoisotopic (exact) mass is 253 g/mol. The Hall–Kier alpha value is -1.75. The summed E-state index contributed by atoms with van der Waals surface area (Å²) in [5.74, 6) is -0.0582. The second kappa shape index (κ2) is 5.05. The Morgan fingerprint density at radius 3 is 2.76 bits per heavy atom. The highest BCUT2D eigenvalue weighted by atomic mass is 35.5. The SMILES string of the molecule is CCOc1ccc(-c2nc(Cl)ncc2F)cn1. The van der Waals surface area contributed by atoms with Gasteiger partial charge in [-0.25, -0.2) is 19.3 Å². The summed E-state index contributed by atoms with van der Waals surface area (Å²) < 4.78 is 18.6. The number of pyridine rings is 1. The molecular formula is C11H9ClFN3O. The van der Waals surface area contributed by atoms with Gasteiger partial charge >= 0.3 is 0 Å². The second-order valence-corrected chi connectivity index (χ2v) is 3.49. The van der Waals surface area contributed by atoms with Crippen molar-refractivity contribution in [2.24, 2.45) is 0 Å². The van der Waals surface area contributed by atoms with E-state index >= 15 is 0 Å². The van der Waals surface area contributed by atoms with E-state index in [0.717, 1.165) is 6.20 Å². The van der Waals surface area contributed by atoms with Gasteiger partial charge in [0.2, 0.25) is 11.2 Å². The Morgan fingerprint density at radius 1 is 1.29 bits per heavy atom. The van der Waals surface area contributed by atoms with Crippen molar-refractivity contribution in [3.05, 3.63) is 35.6 Å². The molecule has 0 aliphatic heterocycles. The molecular weight excluding hydrogens is 245 g/mol. The minimum Gasteiger partial charge on any atom is -0.478 e. The van der Waals surface area contributed by atoms with Crippen molar-refractivity contribution in [3.8, 4) is 17.1 Å². The molecule has 0 radical (unpaired) electrons. The van der Waals surface area contributed by atoms with Crippen LogP contribution in [0.5, 0.6) is 5.88 Å². The quantitative estimate of drug-likeness (QED) is 0.789. The molecule has 0 unspecified atom stereocenters. The molecule has 4 nitrogen and oxygen atoms in total. The fraction of sp³-hybridized carbons (Fsp3) is 0.182. The number of aromatic nitrogens is 3. The van der Waals surface area contributed by atoms with E-state index in [2.05, 4.69) is 15.0 Å². The average Bonchev–Trinajstić information content (AvgIpc) is 2.34. The van der Waals surface area contributed by atoms with Gasteiger partial charge in [-0.2, -0.15) is 0 Å². The van der Waals surface area contributed by atoms with Crippen LogP contribution in [0.4, 0.5) is 4.39 Å². The van der Waals surface area contributed by atoms with Crippen LogP contribution in [0.1, 0.15) is 6.92 Å². The van der Waals surface area contributed by atoms with Gasteiger partial charge in [-0.15, -0.1) is 0 Å². The van der Waals surface area contributed by atoms with E-state index < -0.39 is 5.82 Å². The largest absolute Gasteiger partial charge is 0.478 e. The first kappa shape index (κ1) is 11.7. The normalized spacial score (nSPS) is 10.3. The first-order chi connectivity index (χ1) is 8.20. The number of ether oxygens (including phenoxy) is 1. The highest BCUT2D eigenvalue weighted by Gasteiger charge is 2.09. The first-order valence-corrected chi connectivity index (χ1v) is 5.35. The Balaban J connectivity index is 2.36. The molecule has 6 heteroatoms. The molecule has 2 aromatic rings. The van der Waals surface area contributed by atoms with Crippen LogP contribution in [0, 0.1) is 5.82 Å². The van der Waals surface area contributed by atoms with Crippen molar-refractivity contribution in [2.45, 2.75) is 6.92 Å². The van der Waals surface area contributed by atoms with Crippen molar-refractivity contribution >= 4 is 11.6 Å². The molecule has 0 fully saturated rings. The minimum atomic E-state index is -0.541. The number of hydrogen-bond donors (Lipinski definition) is 0. The van der Waals surface area contributed by atoms with Gasteiger partial charge in [-0.3, -0.25) is 0 Å². The lowest BCUT2D eigenvalue weighted by Gasteiger charge is -2.04. The van der Waals surface area contributed by atoms with Crippen LogP contribution in [-0.2, 0) is 0 Å². The van der Waals surface area contributed by atoms with Crippen molar-refractivity contribution in [3.63, 3.8) is 0 Å². The lowest BCUT2D eigenvalue weighted by Crippen LogP contribution is -1.96. The summed E-state index contributed by atoms with van der Waals surface area (Å²) in [5, 5.41) is -0.00437. The second-order valence-electron chi connectivity index (χ2n) is 3.15. The molecule has 0 bridgehead atoms. The van der Waals surface area contributed by atoms with Crippen LogP contribution in [0.15, 0.2) is 24.5 Å². The zero-order valence-electron chi connectivity index (χ0n) is 9.02. The van der Waals surface area contributed by atoms with Gasteiger partial charge in [0.15, 0.2) is 5.82 Å². The minimum absolute atomic E-state index is 0.00437. The standard InChI is InChI=1S/C11H9ClFN3O/c1-2-17-9-4-3-7(5-14-9)10-8(13)6-15-11(12)16-10/h3-6H,2H2,1H3. The summed E-state index contributed by atoms with van der Waals surface area (Å²) in [6, 6.07) is 3.31. The third-order valence-corrected chi connectivity index (χ3v) is 2.20. The van der Waals surface area contributed by atoms with E-state index in [1.165, 1.54) is 6.20 Å². The predicted octanol–water partition coefficient (Wildman–Crippen LogP) is 2.73. The Labute approximate surface area is 102 Å². The van der Waals surface area contributed by atoms with Crippen LogP contribution in [0.2, 0.25) is 5.28 Å². The van der Waals surface area contributed by atoms with Crippen LogP contribution in [0.3, 0.4) is 0 Å². The molecule has 0 aliphatic carbocycles. The van der Waals surface area contributed by atoms with Crippen molar-refractivity contribution in [2.75, 3.05) is 6.61 Å². The Kier molecular flexibility index (Phi) is 3.49. The van der Waals surface area contributed by atoms with E-state index in [1.807, 2.05) is 6.92 Å². The van der Waals surface area contributed by atoms with Crippen molar-refractivity contribution < 1.29 is 9.13 Å². The maximum atomic E-state index is 13.5. The third kappa shape index (κ3) is 2.68. The molecule has 17 heavy (non-hydrogen) atoms. The van der Waals surface area contributed by atoms with E-state index in [4.69, 9.17) is 16.3 Å². The summed E-state index contributed by atoms with van der Waals surface area (Å²) in [6.07, 6.45) is 2.51. The van der Waals surface area contributed by atoms with Crippen LogP contribution in [0.25, 0.3) is 11.3 Å². The molecule has 0 spiro atoms. The molecule has 0 aliphatic rings. The summed E-state index contributed by atoms with van der Waals surface area (Å²) in [6.45, 7) is 2.39. The lowest BCUT2D eigenvalue weighted by molar-refractivity contribution is 0.327. The van der Waals surface area contributed by atoms with Gasteiger partial charge in [0.1, 0.15) is 5.69 Å². The molecule has 0 aromatic carbocycles. The highest BCUT2D eigenvalue weighted by molar-refractivity contribution is 6.28. The van der Waals surface area contributed by atoms with Gasteiger partial charge in [-0.05, 0) is 24.6 Å². The van der Waals surface area contributed by atoms with Gasteiger partial charge in [0, 0.05) is 17.8 Å². The van der Waals surface area contributed by atoms with E-state index in [0.29, 0.717) is 18.1 Å². The summed E-state index contributed by atoms with van der Waals surface area (Å²) in [5.41, 5.74) is 0.649. The fourth-order valence-corrected chi connectivity index (χ4v) is 1.43. The summed E-state index contributed by atoms with van der Waals surface area (Å²) >= 11 is 5.61. The van der Waals surface area contributed by atoms with Gasteiger partial charge in [0.25, 0.3) is 0 Å². The van der Waals surface area contributed by atoms with E-state index in [1.54, 1.807) is 12.1 Å². The summed E-state index contributed by atoms with van der Waals surface area (Å²) in [4.78, 5) is 11.4. The van der Waals surface area contributed by atoms with Crippen LogP contribution < -0.4 is 4.74 Å². The maximum Gasteiger partial charge on any atom is 0.223 e. The van der Waals surface area contributed by atoms with E-state index in [9.17, 15) is 4.39 Å². The molecule has 0 saturated heterocycles. The van der Waals surface area contributed by atoms with Crippen LogP contribution >= 0.6 is 11.6 Å². The highest BCUT2D eigenvalue weighted by Crippen LogP contribution is 2.21. The van der Waals surface area contributed by atoms with Crippen LogP contribution in [-0.4, -0.2) is 21.6 Å². The maximum absolute atomic E-state index is 13.5. The Morgan fingerprint density at radius 2 is 2.12 bits per heavy atom. The molecule has 0 atom stereocenters.